The van der Waals surface area contributed by atoms with E-state index in [2.05, 4.69) is 16.0 Å². The van der Waals surface area contributed by atoms with Crippen LogP contribution in [-0.4, -0.2) is 24.0 Å². The van der Waals surface area contributed by atoms with Crippen LogP contribution in [0, 0.1) is 11.2 Å². The van der Waals surface area contributed by atoms with Crippen molar-refractivity contribution in [2.24, 2.45) is 5.41 Å². The Hall–Kier alpha value is -2.09. The van der Waals surface area contributed by atoms with Crippen molar-refractivity contribution in [3.63, 3.8) is 0 Å². The van der Waals surface area contributed by atoms with Crippen LogP contribution in [-0.2, 0) is 9.59 Å². The first-order valence-electron chi connectivity index (χ1n) is 8.42. The van der Waals surface area contributed by atoms with Crippen LogP contribution in [0.5, 0.6) is 0 Å². The van der Waals surface area contributed by atoms with Gasteiger partial charge in [-0.1, -0.05) is 32.9 Å². The first kappa shape index (κ1) is 20.2. The molecule has 0 aliphatic carbocycles. The summed E-state index contributed by atoms with van der Waals surface area (Å²) in [5.41, 5.74) is -0.787. The van der Waals surface area contributed by atoms with Gasteiger partial charge >= 0.3 is 0 Å². The van der Waals surface area contributed by atoms with Gasteiger partial charge in [-0.25, -0.2) is 13.2 Å². The molecule has 8 heteroatoms. The third kappa shape index (κ3) is 4.75. The summed E-state index contributed by atoms with van der Waals surface area (Å²) in [6, 6.07) is 2.13. The monoisotopic (exact) mass is 371 g/mol. The summed E-state index contributed by atoms with van der Waals surface area (Å²) in [6.45, 7) is 7.26. The van der Waals surface area contributed by atoms with Gasteiger partial charge in [-0.15, -0.1) is 0 Å². The molecule has 1 aliphatic rings. The highest BCUT2D eigenvalue weighted by Crippen LogP contribution is 2.34. The topological polar surface area (TPSA) is 70.2 Å². The smallest absolute Gasteiger partial charge is 0.266 e. The maximum atomic E-state index is 14.0. The number of carbonyl (C=O) groups is 2. The largest absolute Gasteiger partial charge is 0.347 e. The number of halogens is 3. The van der Waals surface area contributed by atoms with E-state index in [0.29, 0.717) is 5.56 Å². The molecule has 3 N–H and O–H groups in total. The number of rotatable bonds is 4. The van der Waals surface area contributed by atoms with Crippen LogP contribution in [0.15, 0.2) is 18.2 Å². The second kappa shape index (κ2) is 7.65. The van der Waals surface area contributed by atoms with Gasteiger partial charge in [-0.3, -0.25) is 14.9 Å². The molecule has 0 saturated carbocycles. The Labute approximate surface area is 150 Å². The summed E-state index contributed by atoms with van der Waals surface area (Å²) >= 11 is 0. The van der Waals surface area contributed by atoms with Gasteiger partial charge in [0.1, 0.15) is 5.82 Å². The van der Waals surface area contributed by atoms with E-state index in [9.17, 15) is 22.8 Å². The second-order valence-electron chi connectivity index (χ2n) is 7.60. The Morgan fingerprint density at radius 1 is 1.31 bits per heavy atom. The molecule has 144 valence electrons. The van der Waals surface area contributed by atoms with Crippen molar-refractivity contribution in [1.82, 2.24) is 16.0 Å². The second-order valence-corrected chi connectivity index (χ2v) is 7.60. The Morgan fingerprint density at radius 3 is 2.46 bits per heavy atom. The predicted octanol–water partition coefficient (Wildman–Crippen LogP) is 2.79. The average Bonchev–Trinajstić information content (AvgIpc) is 2.49. The Balaban J connectivity index is 2.24. The standard InChI is InChI=1S/C18H24F3N3O2/c1-9-22-13(8-14(25)23-9)17(26)24-15(18(2,3)4)10-5-6-11(16(20)21)12(19)7-10/h5-7,9,13,15-16,22H,8H2,1-4H3,(H,23,25)(H,24,26)/t9?,13?,15-/m0/s1. The van der Waals surface area contributed by atoms with Crippen molar-refractivity contribution in [3.05, 3.63) is 35.1 Å². The molecule has 0 radical (unpaired) electrons. The zero-order valence-corrected chi connectivity index (χ0v) is 15.2. The number of amides is 2. The van der Waals surface area contributed by atoms with Crippen LogP contribution in [0.4, 0.5) is 13.2 Å². The van der Waals surface area contributed by atoms with E-state index in [0.717, 1.165) is 12.1 Å². The molecular formula is C18H24F3N3O2. The number of benzene rings is 1. The molecule has 2 amide bonds. The van der Waals surface area contributed by atoms with Gasteiger partial charge < -0.3 is 10.6 Å². The lowest BCUT2D eigenvalue weighted by molar-refractivity contribution is -0.132. The van der Waals surface area contributed by atoms with Crippen molar-refractivity contribution in [2.75, 3.05) is 0 Å². The molecular weight excluding hydrogens is 347 g/mol. The zero-order chi connectivity index (χ0) is 19.6. The summed E-state index contributed by atoms with van der Waals surface area (Å²) in [5.74, 6) is -1.65. The van der Waals surface area contributed by atoms with Gasteiger partial charge in [0.15, 0.2) is 0 Å². The summed E-state index contributed by atoms with van der Waals surface area (Å²) < 4.78 is 39.5. The normalized spacial score (nSPS) is 22.1. The Bertz CT molecular complexity index is 689. The van der Waals surface area contributed by atoms with Gasteiger partial charge in [-0.05, 0) is 24.0 Å². The van der Waals surface area contributed by atoms with Gasteiger partial charge in [0.25, 0.3) is 6.43 Å². The van der Waals surface area contributed by atoms with E-state index in [1.165, 1.54) is 6.07 Å². The first-order valence-corrected chi connectivity index (χ1v) is 8.42. The fourth-order valence-corrected chi connectivity index (χ4v) is 3.00. The molecule has 5 nitrogen and oxygen atoms in total. The maximum Gasteiger partial charge on any atom is 0.266 e. The van der Waals surface area contributed by atoms with Gasteiger partial charge in [0.2, 0.25) is 11.8 Å². The van der Waals surface area contributed by atoms with Crippen LogP contribution in [0.1, 0.15) is 57.7 Å². The Kier molecular flexibility index (Phi) is 5.95. The Morgan fingerprint density at radius 2 is 1.96 bits per heavy atom. The first-order chi connectivity index (χ1) is 12.0. The van der Waals surface area contributed by atoms with Crippen LogP contribution in [0.2, 0.25) is 0 Å². The summed E-state index contributed by atoms with van der Waals surface area (Å²) in [4.78, 5) is 24.2. The van der Waals surface area contributed by atoms with Crippen molar-refractivity contribution in [2.45, 2.75) is 58.8 Å². The van der Waals surface area contributed by atoms with E-state index in [1.807, 2.05) is 20.8 Å². The highest BCUT2D eigenvalue weighted by atomic mass is 19.3. The lowest BCUT2D eigenvalue weighted by Crippen LogP contribution is -2.60. The predicted molar refractivity (Wildman–Crippen MR) is 90.8 cm³/mol. The van der Waals surface area contributed by atoms with Crippen molar-refractivity contribution >= 4 is 11.8 Å². The molecule has 2 unspecified atom stereocenters. The fourth-order valence-electron chi connectivity index (χ4n) is 3.00. The molecule has 26 heavy (non-hydrogen) atoms. The minimum Gasteiger partial charge on any atom is -0.347 e. The van der Waals surface area contributed by atoms with Crippen molar-refractivity contribution in [3.8, 4) is 0 Å². The van der Waals surface area contributed by atoms with Gasteiger partial charge in [0, 0.05) is 0 Å². The summed E-state index contributed by atoms with van der Waals surface area (Å²) in [7, 11) is 0. The third-order valence-electron chi connectivity index (χ3n) is 4.28. The summed E-state index contributed by atoms with van der Waals surface area (Å²) in [5, 5.41) is 8.45. The van der Waals surface area contributed by atoms with Crippen molar-refractivity contribution in [1.29, 1.82) is 0 Å². The molecule has 3 atom stereocenters. The number of hydrogen-bond donors (Lipinski definition) is 3. The SMILES string of the molecule is CC1NC(=O)CC(C(=O)N[C@@H](c2ccc(C(F)F)c(F)c2)C(C)(C)C)N1. The van der Waals surface area contributed by atoms with Crippen molar-refractivity contribution < 1.29 is 22.8 Å². The summed E-state index contributed by atoms with van der Waals surface area (Å²) in [6.07, 6.45) is -3.26. The minimum absolute atomic E-state index is 0.00822. The lowest BCUT2D eigenvalue weighted by Gasteiger charge is -2.35. The molecule has 1 heterocycles. The van der Waals surface area contributed by atoms with Crippen LogP contribution < -0.4 is 16.0 Å². The quantitative estimate of drug-likeness (QED) is 0.762. The van der Waals surface area contributed by atoms with E-state index >= 15 is 0 Å². The van der Waals surface area contributed by atoms with E-state index in [-0.39, 0.29) is 18.5 Å². The molecule has 0 bridgehead atoms. The van der Waals surface area contributed by atoms with E-state index in [1.54, 1.807) is 6.92 Å². The molecule has 1 fully saturated rings. The fraction of sp³-hybridized carbons (Fsp3) is 0.556. The van der Waals surface area contributed by atoms with Crippen LogP contribution >= 0.6 is 0 Å². The molecule has 0 spiro atoms. The molecule has 1 saturated heterocycles. The highest BCUT2D eigenvalue weighted by molar-refractivity contribution is 5.89. The maximum absolute atomic E-state index is 14.0. The van der Waals surface area contributed by atoms with Crippen LogP contribution in [0.3, 0.4) is 0 Å². The van der Waals surface area contributed by atoms with E-state index in [4.69, 9.17) is 0 Å². The lowest BCUT2D eigenvalue weighted by atomic mass is 9.81. The number of carbonyl (C=O) groups excluding carboxylic acids is 2. The van der Waals surface area contributed by atoms with Gasteiger partial charge in [-0.2, -0.15) is 0 Å². The molecule has 1 aliphatic heterocycles. The zero-order valence-electron chi connectivity index (χ0n) is 15.2. The average molecular weight is 371 g/mol. The number of alkyl halides is 2. The number of nitrogens with one attached hydrogen (secondary N) is 3. The minimum atomic E-state index is -2.90. The molecule has 0 aromatic heterocycles. The highest BCUT2D eigenvalue weighted by Gasteiger charge is 2.34. The molecule has 2 rings (SSSR count). The third-order valence-corrected chi connectivity index (χ3v) is 4.28. The number of hydrogen-bond acceptors (Lipinski definition) is 3. The van der Waals surface area contributed by atoms with Gasteiger partial charge in [0.05, 0.1) is 30.2 Å². The molecule has 1 aromatic carbocycles. The van der Waals surface area contributed by atoms with E-state index < -0.39 is 41.2 Å². The van der Waals surface area contributed by atoms with Crippen LogP contribution in [0.25, 0.3) is 0 Å². The molecule has 1 aromatic rings.